The Hall–Kier alpha value is -0.150. The summed E-state index contributed by atoms with van der Waals surface area (Å²) in [5, 5.41) is 0. The predicted molar refractivity (Wildman–Crippen MR) is 90.6 cm³/mol. The average molecular weight is 301 g/mol. The zero-order valence-electron chi connectivity index (χ0n) is 15.0. The van der Waals surface area contributed by atoms with Crippen LogP contribution in [0.2, 0.25) is 0 Å². The largest absolute Gasteiger partial charge is 0.303 e. The van der Waals surface area contributed by atoms with Gasteiger partial charge in [0.25, 0.3) is 0 Å². The fraction of sp³-hybridized carbons (Fsp3) is 1.00. The van der Waals surface area contributed by atoms with Crippen LogP contribution in [0.5, 0.6) is 0 Å². The third-order valence-corrected chi connectivity index (χ3v) is 4.99. The number of likely N-dealkylation sites (tertiary alicyclic amines) is 2. The molecule has 2 saturated heterocycles. The third-order valence-electron chi connectivity index (χ3n) is 4.99. The van der Waals surface area contributed by atoms with Gasteiger partial charge in [0, 0.05) is 19.1 Å². The number of halogens is 1. The van der Waals surface area contributed by atoms with Gasteiger partial charge in [0.1, 0.15) is 5.67 Å². The van der Waals surface area contributed by atoms with E-state index < -0.39 is 5.67 Å². The maximum Gasteiger partial charge on any atom is 0.113 e. The molecule has 0 aliphatic carbocycles. The molecular formula is C18H37FN2. The zero-order valence-corrected chi connectivity index (χ0v) is 15.0. The van der Waals surface area contributed by atoms with Gasteiger partial charge < -0.3 is 9.80 Å². The molecule has 0 bridgehead atoms. The molecule has 0 unspecified atom stereocenters. The summed E-state index contributed by atoms with van der Waals surface area (Å²) in [6, 6.07) is 0.714. The molecular weight excluding hydrogens is 263 g/mol. The number of alkyl halides is 1. The molecule has 2 heterocycles. The lowest BCUT2D eigenvalue weighted by molar-refractivity contribution is 0.00971. The SMILES string of the molecule is CC.CCN1CCC(N2CCC(F)(CC(C)C)CC2)CC1. The molecule has 0 N–H and O–H groups in total. The van der Waals surface area contributed by atoms with Crippen molar-refractivity contribution in [3.63, 3.8) is 0 Å². The van der Waals surface area contributed by atoms with Gasteiger partial charge >= 0.3 is 0 Å². The van der Waals surface area contributed by atoms with Crippen LogP contribution in [0.15, 0.2) is 0 Å². The summed E-state index contributed by atoms with van der Waals surface area (Å²) in [5.41, 5.74) is -0.880. The molecule has 2 nitrogen and oxygen atoms in total. The average Bonchev–Trinajstić information content (AvgIpc) is 2.49. The van der Waals surface area contributed by atoms with Gasteiger partial charge in [0.2, 0.25) is 0 Å². The van der Waals surface area contributed by atoms with Crippen molar-refractivity contribution in [2.24, 2.45) is 5.92 Å². The molecule has 2 rings (SSSR count). The Bertz CT molecular complexity index is 264. The smallest absolute Gasteiger partial charge is 0.113 e. The molecule has 0 aromatic heterocycles. The van der Waals surface area contributed by atoms with Crippen LogP contribution in [-0.4, -0.2) is 54.2 Å². The van der Waals surface area contributed by atoms with Crippen LogP contribution in [0.3, 0.4) is 0 Å². The Morgan fingerprint density at radius 2 is 1.57 bits per heavy atom. The van der Waals surface area contributed by atoms with E-state index in [2.05, 4.69) is 30.6 Å². The van der Waals surface area contributed by atoms with E-state index in [1.54, 1.807) is 0 Å². The topological polar surface area (TPSA) is 6.48 Å². The standard InChI is InChI=1S/C16H31FN2.C2H6/c1-4-18-9-5-15(6-10-18)19-11-7-16(17,8-12-19)13-14(2)3;1-2/h14-15H,4-13H2,1-3H3;1-2H3. The fourth-order valence-corrected chi connectivity index (χ4v) is 3.83. The van der Waals surface area contributed by atoms with E-state index in [1.165, 1.54) is 32.5 Å². The van der Waals surface area contributed by atoms with Gasteiger partial charge in [-0.25, -0.2) is 4.39 Å². The van der Waals surface area contributed by atoms with Crippen molar-refractivity contribution in [2.75, 3.05) is 32.7 Å². The summed E-state index contributed by atoms with van der Waals surface area (Å²) >= 11 is 0. The fourth-order valence-electron chi connectivity index (χ4n) is 3.83. The molecule has 0 spiro atoms. The second-order valence-electron chi connectivity index (χ2n) is 6.95. The Morgan fingerprint density at radius 1 is 1.05 bits per heavy atom. The molecule has 0 aromatic rings. The first-order valence-electron chi connectivity index (χ1n) is 9.18. The Morgan fingerprint density at radius 3 is 2.00 bits per heavy atom. The van der Waals surface area contributed by atoms with Crippen LogP contribution < -0.4 is 0 Å². The lowest BCUT2D eigenvalue weighted by Crippen LogP contribution is -2.50. The minimum atomic E-state index is -0.880. The summed E-state index contributed by atoms with van der Waals surface area (Å²) in [6.07, 6.45) is 4.79. The lowest BCUT2D eigenvalue weighted by Gasteiger charge is -2.43. The minimum Gasteiger partial charge on any atom is -0.303 e. The van der Waals surface area contributed by atoms with Crippen LogP contribution in [-0.2, 0) is 0 Å². The van der Waals surface area contributed by atoms with Crippen LogP contribution >= 0.6 is 0 Å². The highest BCUT2D eigenvalue weighted by Gasteiger charge is 2.37. The quantitative estimate of drug-likeness (QED) is 0.761. The number of rotatable bonds is 4. The predicted octanol–water partition coefficient (Wildman–Crippen LogP) is 4.35. The van der Waals surface area contributed by atoms with Crippen molar-refractivity contribution in [1.29, 1.82) is 0 Å². The summed E-state index contributed by atoms with van der Waals surface area (Å²) < 4.78 is 14.6. The molecule has 0 aromatic carbocycles. The summed E-state index contributed by atoms with van der Waals surface area (Å²) in [4.78, 5) is 5.09. The number of hydrogen-bond acceptors (Lipinski definition) is 2. The Labute approximate surface area is 132 Å². The van der Waals surface area contributed by atoms with Gasteiger partial charge in [0.15, 0.2) is 0 Å². The van der Waals surface area contributed by atoms with E-state index in [9.17, 15) is 4.39 Å². The molecule has 0 atom stereocenters. The Balaban J connectivity index is 0.00000106. The van der Waals surface area contributed by atoms with E-state index >= 15 is 0 Å². The van der Waals surface area contributed by atoms with Crippen LogP contribution in [0.25, 0.3) is 0 Å². The first kappa shape index (κ1) is 18.9. The van der Waals surface area contributed by atoms with Gasteiger partial charge in [-0.05, 0) is 57.7 Å². The normalized spacial score (nSPS) is 24.7. The van der Waals surface area contributed by atoms with Crippen molar-refractivity contribution in [3.05, 3.63) is 0 Å². The van der Waals surface area contributed by atoms with Crippen molar-refractivity contribution in [1.82, 2.24) is 9.80 Å². The zero-order chi connectivity index (χ0) is 15.9. The second kappa shape index (κ2) is 9.09. The monoisotopic (exact) mass is 300 g/mol. The van der Waals surface area contributed by atoms with Crippen LogP contribution in [0.1, 0.15) is 66.7 Å². The van der Waals surface area contributed by atoms with Crippen molar-refractivity contribution in [2.45, 2.75) is 78.4 Å². The molecule has 2 aliphatic rings. The summed E-state index contributed by atoms with van der Waals surface area (Å²) in [7, 11) is 0. The van der Waals surface area contributed by atoms with E-state index in [1.807, 2.05) is 13.8 Å². The van der Waals surface area contributed by atoms with E-state index in [0.29, 0.717) is 12.0 Å². The van der Waals surface area contributed by atoms with Gasteiger partial charge in [0.05, 0.1) is 0 Å². The third kappa shape index (κ3) is 5.86. The molecule has 0 saturated carbocycles. The summed E-state index contributed by atoms with van der Waals surface area (Å²) in [6.45, 7) is 16.1. The number of hydrogen-bond donors (Lipinski definition) is 0. The molecule has 3 heteroatoms. The highest BCUT2D eigenvalue weighted by atomic mass is 19.1. The highest BCUT2D eigenvalue weighted by Crippen LogP contribution is 2.34. The molecule has 2 fully saturated rings. The van der Waals surface area contributed by atoms with Gasteiger partial charge in [-0.3, -0.25) is 0 Å². The maximum absolute atomic E-state index is 14.6. The van der Waals surface area contributed by atoms with Crippen LogP contribution in [0.4, 0.5) is 4.39 Å². The van der Waals surface area contributed by atoms with Gasteiger partial charge in [-0.15, -0.1) is 0 Å². The lowest BCUT2D eigenvalue weighted by atomic mass is 9.84. The first-order valence-corrected chi connectivity index (χ1v) is 9.18. The second-order valence-corrected chi connectivity index (χ2v) is 6.95. The number of piperidine rings is 2. The molecule has 0 amide bonds. The first-order chi connectivity index (χ1) is 10.0. The van der Waals surface area contributed by atoms with Crippen LogP contribution in [0, 0.1) is 5.92 Å². The highest BCUT2D eigenvalue weighted by molar-refractivity contribution is 4.90. The van der Waals surface area contributed by atoms with Crippen molar-refractivity contribution in [3.8, 4) is 0 Å². The minimum absolute atomic E-state index is 0.476. The molecule has 126 valence electrons. The molecule has 2 aliphatic heterocycles. The van der Waals surface area contributed by atoms with E-state index in [4.69, 9.17) is 0 Å². The maximum atomic E-state index is 14.6. The number of nitrogens with zero attached hydrogens (tertiary/aromatic N) is 2. The van der Waals surface area contributed by atoms with Crippen molar-refractivity contribution >= 4 is 0 Å². The summed E-state index contributed by atoms with van der Waals surface area (Å²) in [5.74, 6) is 0.476. The van der Waals surface area contributed by atoms with Crippen molar-refractivity contribution < 1.29 is 4.39 Å². The van der Waals surface area contributed by atoms with E-state index in [-0.39, 0.29) is 0 Å². The molecule has 21 heavy (non-hydrogen) atoms. The molecule has 0 radical (unpaired) electrons. The van der Waals surface area contributed by atoms with Gasteiger partial charge in [-0.1, -0.05) is 34.6 Å². The van der Waals surface area contributed by atoms with E-state index in [0.717, 1.165) is 32.4 Å². The van der Waals surface area contributed by atoms with Gasteiger partial charge in [-0.2, -0.15) is 0 Å². The Kier molecular flexibility index (Phi) is 8.18.